The van der Waals surface area contributed by atoms with Gasteiger partial charge in [-0.3, -0.25) is 4.40 Å². The molecule has 2 aliphatic rings. The molecule has 0 radical (unpaired) electrons. The fraction of sp³-hybridized carbons (Fsp3) is 0.400. The van der Waals surface area contributed by atoms with Crippen molar-refractivity contribution in [3.8, 4) is 0 Å². The van der Waals surface area contributed by atoms with E-state index in [9.17, 15) is 0 Å². The van der Waals surface area contributed by atoms with Crippen LogP contribution in [0.5, 0.6) is 0 Å². The molecule has 5 rings (SSSR count). The number of nitrogens with zero attached hydrogens (tertiary/aromatic N) is 5. The molecular formula is C20H23N5. The molecule has 4 heterocycles. The lowest BCUT2D eigenvalue weighted by Crippen LogP contribution is -2.31. The topological polar surface area (TPSA) is 36.7 Å². The summed E-state index contributed by atoms with van der Waals surface area (Å²) in [5, 5.41) is 8.21. The van der Waals surface area contributed by atoms with Gasteiger partial charge in [-0.25, -0.2) is 0 Å². The van der Waals surface area contributed by atoms with Crippen molar-refractivity contribution in [3.05, 3.63) is 59.5 Å². The van der Waals surface area contributed by atoms with Gasteiger partial charge in [0.15, 0.2) is 5.65 Å². The highest BCUT2D eigenvalue weighted by Crippen LogP contribution is 2.35. The zero-order valence-electron chi connectivity index (χ0n) is 14.6. The SMILES string of the molecule is CN1Cc2cc(N3CCCC3)ccc2C(c2ccn3cnnc3c2)C1. The third kappa shape index (κ3) is 2.59. The van der Waals surface area contributed by atoms with Crippen molar-refractivity contribution in [1.82, 2.24) is 19.5 Å². The molecule has 2 aromatic heterocycles. The lowest BCUT2D eigenvalue weighted by Gasteiger charge is -2.33. The minimum absolute atomic E-state index is 0.392. The number of hydrogen-bond acceptors (Lipinski definition) is 4. The first-order chi connectivity index (χ1) is 12.3. The Labute approximate surface area is 147 Å². The highest BCUT2D eigenvalue weighted by atomic mass is 15.2. The van der Waals surface area contributed by atoms with Crippen LogP contribution >= 0.6 is 0 Å². The summed E-state index contributed by atoms with van der Waals surface area (Å²) >= 11 is 0. The van der Waals surface area contributed by atoms with E-state index in [2.05, 4.69) is 63.6 Å². The Hall–Kier alpha value is -2.40. The van der Waals surface area contributed by atoms with Crippen molar-refractivity contribution in [1.29, 1.82) is 0 Å². The first-order valence-corrected chi connectivity index (χ1v) is 9.13. The van der Waals surface area contributed by atoms with Gasteiger partial charge >= 0.3 is 0 Å². The zero-order chi connectivity index (χ0) is 16.8. The van der Waals surface area contributed by atoms with Crippen LogP contribution in [0.4, 0.5) is 5.69 Å². The Morgan fingerprint density at radius 1 is 1.08 bits per heavy atom. The van der Waals surface area contributed by atoms with E-state index in [1.165, 1.54) is 48.3 Å². The van der Waals surface area contributed by atoms with E-state index in [0.717, 1.165) is 18.7 Å². The van der Waals surface area contributed by atoms with E-state index in [0.29, 0.717) is 5.92 Å². The molecule has 1 fully saturated rings. The molecule has 1 atom stereocenters. The van der Waals surface area contributed by atoms with E-state index in [1.807, 2.05) is 4.40 Å². The van der Waals surface area contributed by atoms with Crippen molar-refractivity contribution in [2.45, 2.75) is 25.3 Å². The van der Waals surface area contributed by atoms with Gasteiger partial charge in [0.25, 0.3) is 0 Å². The van der Waals surface area contributed by atoms with Crippen molar-refractivity contribution in [2.24, 2.45) is 0 Å². The third-order valence-electron chi connectivity index (χ3n) is 5.63. The van der Waals surface area contributed by atoms with Crippen molar-refractivity contribution >= 4 is 11.3 Å². The summed E-state index contributed by atoms with van der Waals surface area (Å²) in [6, 6.07) is 11.5. The smallest absolute Gasteiger partial charge is 0.160 e. The molecule has 1 saturated heterocycles. The van der Waals surface area contributed by atoms with E-state index >= 15 is 0 Å². The highest BCUT2D eigenvalue weighted by Gasteiger charge is 2.26. The lowest BCUT2D eigenvalue weighted by atomic mass is 9.85. The normalized spacial score (nSPS) is 21.0. The van der Waals surface area contributed by atoms with Gasteiger partial charge in [0.2, 0.25) is 0 Å². The van der Waals surface area contributed by atoms with Crippen LogP contribution in [0.15, 0.2) is 42.9 Å². The average Bonchev–Trinajstić information content (AvgIpc) is 3.31. The number of rotatable bonds is 2. The Balaban J connectivity index is 1.55. The third-order valence-corrected chi connectivity index (χ3v) is 5.63. The second-order valence-electron chi connectivity index (χ2n) is 7.38. The summed E-state index contributed by atoms with van der Waals surface area (Å²) in [5.74, 6) is 0.392. The molecule has 5 nitrogen and oxygen atoms in total. The van der Waals surface area contributed by atoms with Gasteiger partial charge in [-0.15, -0.1) is 10.2 Å². The van der Waals surface area contributed by atoms with E-state index in [1.54, 1.807) is 6.33 Å². The standard InChI is InChI=1S/C20H23N5/c1-23-12-16-10-17(24-7-2-3-8-24)4-5-18(16)19(13-23)15-6-9-25-14-21-22-20(25)11-15/h4-6,9-11,14,19H,2-3,7-8,12-13H2,1H3. The van der Waals surface area contributed by atoms with E-state index in [4.69, 9.17) is 0 Å². The van der Waals surface area contributed by atoms with Crippen molar-refractivity contribution < 1.29 is 0 Å². The molecule has 0 spiro atoms. The average molecular weight is 333 g/mol. The summed E-state index contributed by atoms with van der Waals surface area (Å²) < 4.78 is 1.97. The van der Waals surface area contributed by atoms with Crippen LogP contribution in [0, 0.1) is 0 Å². The molecule has 3 aromatic rings. The monoisotopic (exact) mass is 333 g/mol. The van der Waals surface area contributed by atoms with E-state index in [-0.39, 0.29) is 0 Å². The van der Waals surface area contributed by atoms with Crippen LogP contribution in [-0.2, 0) is 6.54 Å². The number of benzene rings is 1. The molecule has 25 heavy (non-hydrogen) atoms. The molecule has 0 aliphatic carbocycles. The number of likely N-dealkylation sites (N-methyl/N-ethyl adjacent to an activating group) is 1. The number of hydrogen-bond donors (Lipinski definition) is 0. The zero-order valence-corrected chi connectivity index (χ0v) is 14.6. The number of anilines is 1. The van der Waals surface area contributed by atoms with Crippen LogP contribution in [0.3, 0.4) is 0 Å². The van der Waals surface area contributed by atoms with Gasteiger partial charge in [0, 0.05) is 44.0 Å². The van der Waals surface area contributed by atoms with Gasteiger partial charge in [-0.2, -0.15) is 0 Å². The Bertz CT molecular complexity index is 909. The first-order valence-electron chi connectivity index (χ1n) is 9.13. The largest absolute Gasteiger partial charge is 0.372 e. The van der Waals surface area contributed by atoms with Crippen LogP contribution in [0.1, 0.15) is 35.4 Å². The second-order valence-corrected chi connectivity index (χ2v) is 7.38. The molecular weight excluding hydrogens is 310 g/mol. The number of pyridine rings is 1. The predicted octanol–water partition coefficient (Wildman–Crippen LogP) is 2.91. The molecule has 1 unspecified atom stereocenters. The van der Waals surface area contributed by atoms with Gasteiger partial charge in [-0.1, -0.05) is 6.07 Å². The quantitative estimate of drug-likeness (QED) is 0.722. The fourth-order valence-electron chi connectivity index (χ4n) is 4.34. The maximum Gasteiger partial charge on any atom is 0.160 e. The molecule has 0 saturated carbocycles. The number of aromatic nitrogens is 3. The lowest BCUT2D eigenvalue weighted by molar-refractivity contribution is 0.295. The molecule has 0 bridgehead atoms. The molecule has 0 N–H and O–H groups in total. The summed E-state index contributed by atoms with van der Waals surface area (Å²) in [7, 11) is 2.22. The van der Waals surface area contributed by atoms with E-state index < -0.39 is 0 Å². The summed E-state index contributed by atoms with van der Waals surface area (Å²) in [6.45, 7) is 4.46. The minimum Gasteiger partial charge on any atom is -0.372 e. The van der Waals surface area contributed by atoms with Crippen LogP contribution in [0.2, 0.25) is 0 Å². The second kappa shape index (κ2) is 5.85. The highest BCUT2D eigenvalue weighted by molar-refractivity contribution is 5.55. The van der Waals surface area contributed by atoms with Gasteiger partial charge in [0.05, 0.1) is 0 Å². The van der Waals surface area contributed by atoms with Gasteiger partial charge < -0.3 is 9.80 Å². The first kappa shape index (κ1) is 14.9. The molecule has 2 aliphatic heterocycles. The minimum atomic E-state index is 0.392. The molecule has 0 amide bonds. The Kier molecular flexibility index (Phi) is 3.48. The maximum absolute atomic E-state index is 4.21. The molecule has 1 aromatic carbocycles. The van der Waals surface area contributed by atoms with Crippen LogP contribution in [0.25, 0.3) is 5.65 Å². The summed E-state index contributed by atoms with van der Waals surface area (Å²) in [4.78, 5) is 4.95. The molecule has 128 valence electrons. The van der Waals surface area contributed by atoms with Crippen molar-refractivity contribution in [2.75, 3.05) is 31.6 Å². The summed E-state index contributed by atoms with van der Waals surface area (Å²) in [5.41, 5.74) is 6.55. The Morgan fingerprint density at radius 2 is 1.96 bits per heavy atom. The summed E-state index contributed by atoms with van der Waals surface area (Å²) in [6.07, 6.45) is 6.45. The van der Waals surface area contributed by atoms with Gasteiger partial charge in [0.1, 0.15) is 6.33 Å². The van der Waals surface area contributed by atoms with Crippen molar-refractivity contribution in [3.63, 3.8) is 0 Å². The van der Waals surface area contributed by atoms with Crippen LogP contribution < -0.4 is 4.90 Å². The van der Waals surface area contributed by atoms with Crippen LogP contribution in [-0.4, -0.2) is 46.2 Å². The van der Waals surface area contributed by atoms with Gasteiger partial charge in [-0.05, 0) is 60.8 Å². The predicted molar refractivity (Wildman–Crippen MR) is 99.1 cm³/mol. The Morgan fingerprint density at radius 3 is 2.84 bits per heavy atom. The maximum atomic E-state index is 4.21. The molecule has 5 heteroatoms. The number of fused-ring (bicyclic) bond motifs is 2. The fourth-order valence-corrected chi connectivity index (χ4v) is 4.34.